The Morgan fingerprint density at radius 2 is 2.03 bits per heavy atom. The Labute approximate surface area is 196 Å². The molecular formula is C22H19ClF2N4OS2. The Bertz CT molecular complexity index is 1230. The zero-order chi connectivity index (χ0) is 22.1. The molecule has 1 atom stereocenters. The van der Waals surface area contributed by atoms with Crippen molar-refractivity contribution in [1.82, 2.24) is 20.0 Å². The molecule has 0 amide bonds. The highest BCUT2D eigenvalue weighted by molar-refractivity contribution is 7.98. The van der Waals surface area contributed by atoms with Crippen molar-refractivity contribution >= 4 is 45.6 Å². The van der Waals surface area contributed by atoms with Gasteiger partial charge in [0.05, 0.1) is 10.5 Å². The number of fused-ring (bicyclic) bond motifs is 1. The summed E-state index contributed by atoms with van der Waals surface area (Å²) in [6.07, 6.45) is -0.0712. The van der Waals surface area contributed by atoms with Crippen LogP contribution >= 0.6 is 34.7 Å². The molecule has 166 valence electrons. The van der Waals surface area contributed by atoms with Crippen LogP contribution < -0.4 is 0 Å². The van der Waals surface area contributed by atoms with Crippen LogP contribution in [-0.4, -0.2) is 26.6 Å². The molecule has 1 aliphatic rings. The van der Waals surface area contributed by atoms with Gasteiger partial charge in [0.2, 0.25) is 0 Å². The Morgan fingerprint density at radius 1 is 1.19 bits per heavy atom. The highest BCUT2D eigenvalue weighted by Crippen LogP contribution is 2.40. The van der Waals surface area contributed by atoms with E-state index in [2.05, 4.69) is 22.3 Å². The van der Waals surface area contributed by atoms with Crippen LogP contribution in [0.25, 0.3) is 21.6 Å². The molecule has 5 nitrogen and oxygen atoms in total. The molecule has 2 aromatic carbocycles. The summed E-state index contributed by atoms with van der Waals surface area (Å²) in [6.45, 7) is 0.651. The molecule has 1 unspecified atom stereocenters. The standard InChI is InChI=1S/C22H19ClF2N4OS2/c23-16-11-14(31-12-13-6-2-1-3-7-13)10-15-18(21-26-27-22(32-21)20(24)25)28-29(19(15)16)17-8-4-5-9-30-17/h1-3,6-7,10-11,17,20H,4-5,8-9,12H2. The summed E-state index contributed by atoms with van der Waals surface area (Å²) in [7, 11) is 0. The summed E-state index contributed by atoms with van der Waals surface area (Å²) < 4.78 is 34.0. The first kappa shape index (κ1) is 21.8. The van der Waals surface area contributed by atoms with E-state index in [9.17, 15) is 8.78 Å². The van der Waals surface area contributed by atoms with Gasteiger partial charge in [0.15, 0.2) is 16.2 Å². The Hall–Kier alpha value is -2.07. The van der Waals surface area contributed by atoms with Crippen molar-refractivity contribution < 1.29 is 13.5 Å². The number of hydrogen-bond acceptors (Lipinski definition) is 6. The van der Waals surface area contributed by atoms with Gasteiger partial charge in [-0.2, -0.15) is 5.10 Å². The number of alkyl halides is 2. The van der Waals surface area contributed by atoms with Crippen molar-refractivity contribution in [2.75, 3.05) is 6.61 Å². The summed E-state index contributed by atoms with van der Waals surface area (Å²) in [5.74, 6) is 0.784. The maximum absolute atomic E-state index is 13.1. The van der Waals surface area contributed by atoms with Crippen LogP contribution in [0, 0.1) is 0 Å². The van der Waals surface area contributed by atoms with Crippen molar-refractivity contribution in [3.8, 4) is 10.7 Å². The lowest BCUT2D eigenvalue weighted by Gasteiger charge is -2.23. The minimum Gasteiger partial charge on any atom is -0.356 e. The third kappa shape index (κ3) is 4.39. The van der Waals surface area contributed by atoms with Crippen LogP contribution in [0.15, 0.2) is 47.4 Å². The molecule has 5 rings (SSSR count). The third-order valence-electron chi connectivity index (χ3n) is 5.24. The van der Waals surface area contributed by atoms with E-state index in [1.165, 1.54) is 5.56 Å². The molecule has 0 radical (unpaired) electrons. The fourth-order valence-corrected chi connectivity index (χ4v) is 5.72. The van der Waals surface area contributed by atoms with E-state index in [-0.39, 0.29) is 11.2 Å². The predicted molar refractivity (Wildman–Crippen MR) is 123 cm³/mol. The Morgan fingerprint density at radius 3 is 2.75 bits per heavy atom. The molecule has 1 aliphatic heterocycles. The predicted octanol–water partition coefficient (Wildman–Crippen LogP) is 7.14. The fraction of sp³-hybridized carbons (Fsp3) is 0.318. The van der Waals surface area contributed by atoms with Gasteiger partial charge in [0.25, 0.3) is 6.43 Å². The molecule has 0 saturated carbocycles. The average molecular weight is 493 g/mol. The minimum atomic E-state index is -2.67. The average Bonchev–Trinajstić information content (AvgIpc) is 3.45. The van der Waals surface area contributed by atoms with E-state index in [4.69, 9.17) is 21.4 Å². The van der Waals surface area contributed by atoms with Crippen molar-refractivity contribution in [3.05, 3.63) is 58.1 Å². The van der Waals surface area contributed by atoms with Gasteiger partial charge in [-0.05, 0) is 37.0 Å². The number of hydrogen-bond donors (Lipinski definition) is 0. The lowest BCUT2D eigenvalue weighted by Crippen LogP contribution is -2.19. The molecular weight excluding hydrogens is 474 g/mol. The SMILES string of the molecule is FC(F)c1nnc(-c2nn(C3CCCCO3)c3c(Cl)cc(SCc4ccccc4)cc23)s1. The Kier molecular flexibility index (Phi) is 6.41. The molecule has 2 aromatic heterocycles. The number of rotatable bonds is 6. The van der Waals surface area contributed by atoms with Crippen molar-refractivity contribution in [3.63, 3.8) is 0 Å². The number of benzene rings is 2. The number of thioether (sulfide) groups is 1. The van der Waals surface area contributed by atoms with E-state index < -0.39 is 6.43 Å². The summed E-state index contributed by atoms with van der Waals surface area (Å²) in [6, 6.07) is 14.1. The molecule has 0 aliphatic carbocycles. The van der Waals surface area contributed by atoms with Gasteiger partial charge in [0, 0.05) is 22.6 Å². The Balaban J connectivity index is 1.58. The highest BCUT2D eigenvalue weighted by Gasteiger charge is 2.26. The molecule has 1 fully saturated rings. The van der Waals surface area contributed by atoms with Gasteiger partial charge >= 0.3 is 0 Å². The smallest absolute Gasteiger partial charge is 0.291 e. The molecule has 0 bridgehead atoms. The normalized spacial score (nSPS) is 16.8. The van der Waals surface area contributed by atoms with E-state index in [0.29, 0.717) is 22.3 Å². The van der Waals surface area contributed by atoms with Crippen LogP contribution in [0.4, 0.5) is 8.78 Å². The lowest BCUT2D eigenvalue weighted by atomic mass is 10.1. The number of ether oxygens (including phenoxy) is 1. The van der Waals surface area contributed by atoms with Crippen LogP contribution in [0.5, 0.6) is 0 Å². The molecule has 3 heterocycles. The third-order valence-corrected chi connectivity index (χ3v) is 7.51. The first-order valence-corrected chi connectivity index (χ1v) is 12.4. The van der Waals surface area contributed by atoms with E-state index in [0.717, 1.165) is 52.2 Å². The fourth-order valence-electron chi connectivity index (χ4n) is 3.72. The topological polar surface area (TPSA) is 52.8 Å². The van der Waals surface area contributed by atoms with Crippen molar-refractivity contribution in [2.45, 2.75) is 42.6 Å². The summed E-state index contributed by atoms with van der Waals surface area (Å²) in [4.78, 5) is 0.968. The maximum atomic E-state index is 13.1. The van der Waals surface area contributed by atoms with Crippen LogP contribution in [0.1, 0.15) is 42.5 Å². The van der Waals surface area contributed by atoms with E-state index in [1.807, 2.05) is 30.3 Å². The first-order chi connectivity index (χ1) is 15.6. The largest absolute Gasteiger partial charge is 0.356 e. The van der Waals surface area contributed by atoms with E-state index >= 15 is 0 Å². The number of halogens is 3. The van der Waals surface area contributed by atoms with Gasteiger partial charge in [-0.15, -0.1) is 22.0 Å². The van der Waals surface area contributed by atoms with Crippen molar-refractivity contribution in [1.29, 1.82) is 0 Å². The zero-order valence-electron chi connectivity index (χ0n) is 16.9. The summed E-state index contributed by atoms with van der Waals surface area (Å²) in [5, 5.41) is 13.7. The van der Waals surface area contributed by atoms with Gasteiger partial charge in [-0.3, -0.25) is 0 Å². The lowest BCUT2D eigenvalue weighted by molar-refractivity contribution is -0.0365. The second kappa shape index (κ2) is 9.43. The van der Waals surface area contributed by atoms with Crippen LogP contribution in [0.2, 0.25) is 5.02 Å². The molecule has 1 saturated heterocycles. The molecule has 4 aromatic rings. The first-order valence-electron chi connectivity index (χ1n) is 10.2. The van der Waals surface area contributed by atoms with Crippen LogP contribution in [-0.2, 0) is 10.5 Å². The van der Waals surface area contributed by atoms with Crippen molar-refractivity contribution in [2.24, 2.45) is 0 Å². The molecule has 32 heavy (non-hydrogen) atoms. The second-order valence-corrected chi connectivity index (χ2v) is 9.90. The van der Waals surface area contributed by atoms with Gasteiger partial charge in [-0.25, -0.2) is 13.5 Å². The number of nitrogens with zero attached hydrogens (tertiary/aromatic N) is 4. The zero-order valence-corrected chi connectivity index (χ0v) is 19.3. The quantitative estimate of drug-likeness (QED) is 0.268. The van der Waals surface area contributed by atoms with E-state index in [1.54, 1.807) is 16.4 Å². The molecule has 0 spiro atoms. The summed E-state index contributed by atoms with van der Waals surface area (Å²) >= 11 is 9.25. The minimum absolute atomic E-state index is 0.247. The van der Waals surface area contributed by atoms with Crippen LogP contribution in [0.3, 0.4) is 0 Å². The number of aromatic nitrogens is 4. The summed E-state index contributed by atoms with van der Waals surface area (Å²) in [5.41, 5.74) is 2.43. The van der Waals surface area contributed by atoms with Gasteiger partial charge < -0.3 is 4.74 Å². The molecule has 0 N–H and O–H groups in total. The maximum Gasteiger partial charge on any atom is 0.291 e. The second-order valence-electron chi connectivity index (χ2n) is 7.44. The molecule has 10 heteroatoms. The highest BCUT2D eigenvalue weighted by atomic mass is 35.5. The van der Waals surface area contributed by atoms with Gasteiger partial charge in [-0.1, -0.05) is 53.3 Å². The monoisotopic (exact) mass is 492 g/mol. The van der Waals surface area contributed by atoms with Gasteiger partial charge in [0.1, 0.15) is 5.69 Å².